The van der Waals surface area contributed by atoms with Crippen molar-refractivity contribution in [2.45, 2.75) is 40.5 Å². The number of ether oxygens (including phenoxy) is 1. The van der Waals surface area contributed by atoms with Gasteiger partial charge < -0.3 is 14.5 Å². The van der Waals surface area contributed by atoms with Gasteiger partial charge in [0.2, 0.25) is 0 Å². The van der Waals surface area contributed by atoms with Crippen molar-refractivity contribution in [3.05, 3.63) is 35.8 Å². The first-order valence-electron chi connectivity index (χ1n) is 8.07. The van der Waals surface area contributed by atoms with Crippen molar-refractivity contribution in [1.29, 1.82) is 0 Å². The van der Waals surface area contributed by atoms with Crippen LogP contribution in [0, 0.1) is 0 Å². The molecule has 0 aliphatic carbocycles. The molecule has 122 valence electrons. The van der Waals surface area contributed by atoms with Crippen molar-refractivity contribution in [2.24, 2.45) is 0 Å². The molecule has 0 saturated heterocycles. The van der Waals surface area contributed by atoms with E-state index in [0.29, 0.717) is 0 Å². The molecule has 0 saturated carbocycles. The third-order valence-electron chi connectivity index (χ3n) is 3.86. The molecule has 0 aromatic heterocycles. The topological polar surface area (TPSA) is 15.7 Å². The van der Waals surface area contributed by atoms with Gasteiger partial charge in [-0.05, 0) is 64.6 Å². The van der Waals surface area contributed by atoms with E-state index in [1.807, 2.05) is 13.0 Å². The summed E-state index contributed by atoms with van der Waals surface area (Å²) in [7, 11) is 3.87. The maximum atomic E-state index is 5.34. The van der Waals surface area contributed by atoms with Crippen LogP contribution in [0.1, 0.15) is 40.5 Å². The van der Waals surface area contributed by atoms with Gasteiger partial charge in [-0.25, -0.2) is 0 Å². The molecule has 0 aromatic rings. The largest absolute Gasteiger partial charge is 0.497 e. The van der Waals surface area contributed by atoms with Crippen LogP contribution in [0.2, 0.25) is 0 Å². The number of rotatable bonds is 11. The first-order chi connectivity index (χ1) is 10.0. The molecule has 0 aliphatic heterocycles. The van der Waals surface area contributed by atoms with Gasteiger partial charge >= 0.3 is 0 Å². The fraction of sp³-hybridized carbons (Fsp3) is 0.667. The Kier molecular flexibility index (Phi) is 10.8. The van der Waals surface area contributed by atoms with Crippen molar-refractivity contribution in [3.8, 4) is 0 Å². The third-order valence-corrected chi connectivity index (χ3v) is 3.86. The molecule has 0 fully saturated rings. The second-order valence-electron chi connectivity index (χ2n) is 5.19. The normalized spacial score (nSPS) is 12.7. The molecule has 0 unspecified atom stereocenters. The Balaban J connectivity index is 4.73. The van der Waals surface area contributed by atoms with E-state index in [-0.39, 0.29) is 0 Å². The molecular formula is C18H34N2O. The van der Waals surface area contributed by atoms with Gasteiger partial charge in [0.25, 0.3) is 0 Å². The Hall–Kier alpha value is -1.22. The van der Waals surface area contributed by atoms with Crippen molar-refractivity contribution >= 4 is 0 Å². The summed E-state index contributed by atoms with van der Waals surface area (Å²) in [6.07, 6.45) is 6.21. The van der Waals surface area contributed by atoms with Crippen LogP contribution < -0.4 is 0 Å². The summed E-state index contributed by atoms with van der Waals surface area (Å²) >= 11 is 0. The van der Waals surface area contributed by atoms with Crippen molar-refractivity contribution in [3.63, 3.8) is 0 Å². The summed E-state index contributed by atoms with van der Waals surface area (Å²) in [6, 6.07) is 0. The second kappa shape index (κ2) is 11.4. The molecule has 0 aliphatic rings. The minimum atomic E-state index is 0.898. The van der Waals surface area contributed by atoms with Gasteiger partial charge in [-0.2, -0.15) is 0 Å². The summed E-state index contributed by atoms with van der Waals surface area (Å²) in [5.41, 5.74) is 2.37. The molecule has 0 amide bonds. The Bertz CT molecular complexity index is 358. The van der Waals surface area contributed by atoms with Gasteiger partial charge in [0.1, 0.15) is 5.76 Å². The van der Waals surface area contributed by atoms with Crippen LogP contribution in [0.3, 0.4) is 0 Å². The monoisotopic (exact) mass is 294 g/mol. The Morgan fingerprint density at radius 2 is 1.81 bits per heavy atom. The lowest BCUT2D eigenvalue weighted by Crippen LogP contribution is -2.28. The summed E-state index contributed by atoms with van der Waals surface area (Å²) in [6.45, 7) is 17.1. The lowest BCUT2D eigenvalue weighted by atomic mass is 10.1. The van der Waals surface area contributed by atoms with Crippen LogP contribution in [-0.2, 0) is 4.74 Å². The highest BCUT2D eigenvalue weighted by atomic mass is 16.5. The van der Waals surface area contributed by atoms with Gasteiger partial charge in [-0.3, -0.25) is 0 Å². The fourth-order valence-electron chi connectivity index (χ4n) is 2.20. The summed E-state index contributed by atoms with van der Waals surface area (Å²) in [5, 5.41) is 0. The SMILES string of the molecule is C=C(/C(=C/C(=C\C)OC)CC)N(CC)CCCN(C)CC. The average molecular weight is 294 g/mol. The number of hydrogen-bond donors (Lipinski definition) is 0. The van der Waals surface area contributed by atoms with Crippen LogP contribution in [0.25, 0.3) is 0 Å². The third kappa shape index (κ3) is 7.37. The van der Waals surface area contributed by atoms with Gasteiger partial charge in [-0.15, -0.1) is 0 Å². The molecule has 21 heavy (non-hydrogen) atoms. The van der Waals surface area contributed by atoms with Crippen molar-refractivity contribution < 1.29 is 4.74 Å². The Morgan fingerprint density at radius 1 is 1.14 bits per heavy atom. The zero-order valence-corrected chi connectivity index (χ0v) is 14.9. The van der Waals surface area contributed by atoms with E-state index < -0.39 is 0 Å². The van der Waals surface area contributed by atoms with E-state index in [1.54, 1.807) is 7.11 Å². The molecule has 0 bridgehead atoms. The number of likely N-dealkylation sites (N-methyl/N-ethyl adjacent to an activating group) is 1. The van der Waals surface area contributed by atoms with E-state index in [9.17, 15) is 0 Å². The predicted molar refractivity (Wildman–Crippen MR) is 93.3 cm³/mol. The standard InChI is InChI=1S/C18H34N2O/c1-8-17(15-18(9-2)21-7)16(5)20(11-4)14-12-13-19(6)10-3/h9,15H,5,8,10-14H2,1-4,6-7H3/b17-15+,18-9+. The highest BCUT2D eigenvalue weighted by molar-refractivity contribution is 5.32. The molecule has 3 heteroatoms. The molecule has 0 rings (SSSR count). The lowest BCUT2D eigenvalue weighted by molar-refractivity contribution is 0.297. The van der Waals surface area contributed by atoms with Crippen molar-refractivity contribution in [1.82, 2.24) is 9.80 Å². The van der Waals surface area contributed by atoms with E-state index in [4.69, 9.17) is 4.74 Å². The maximum absolute atomic E-state index is 5.34. The minimum Gasteiger partial charge on any atom is -0.497 e. The Morgan fingerprint density at radius 3 is 2.24 bits per heavy atom. The van der Waals surface area contributed by atoms with Crippen LogP contribution >= 0.6 is 0 Å². The number of hydrogen-bond acceptors (Lipinski definition) is 3. The number of methoxy groups -OCH3 is 1. The molecule has 0 N–H and O–H groups in total. The Labute approximate surface area is 132 Å². The molecule has 0 atom stereocenters. The summed E-state index contributed by atoms with van der Waals surface area (Å²) < 4.78 is 5.34. The summed E-state index contributed by atoms with van der Waals surface area (Å²) in [5.74, 6) is 0.898. The molecule has 0 radical (unpaired) electrons. The smallest absolute Gasteiger partial charge is 0.114 e. The van der Waals surface area contributed by atoms with Gasteiger partial charge in [0.05, 0.1) is 7.11 Å². The maximum Gasteiger partial charge on any atom is 0.114 e. The first-order valence-corrected chi connectivity index (χ1v) is 8.07. The van der Waals surface area contributed by atoms with E-state index in [1.165, 1.54) is 5.57 Å². The molecular weight excluding hydrogens is 260 g/mol. The predicted octanol–water partition coefficient (Wildman–Crippen LogP) is 4.05. The van der Waals surface area contributed by atoms with Crippen LogP contribution in [0.4, 0.5) is 0 Å². The van der Waals surface area contributed by atoms with Crippen molar-refractivity contribution in [2.75, 3.05) is 40.3 Å². The first kappa shape index (κ1) is 19.8. The van der Waals surface area contributed by atoms with Crippen LogP contribution in [-0.4, -0.2) is 50.1 Å². The van der Waals surface area contributed by atoms with Gasteiger partial charge in [0.15, 0.2) is 0 Å². The number of allylic oxidation sites excluding steroid dienone is 3. The van der Waals surface area contributed by atoms with E-state index >= 15 is 0 Å². The quantitative estimate of drug-likeness (QED) is 0.422. The highest BCUT2D eigenvalue weighted by Gasteiger charge is 2.10. The van der Waals surface area contributed by atoms with Crippen LogP contribution in [0.15, 0.2) is 35.8 Å². The van der Waals surface area contributed by atoms with Crippen LogP contribution in [0.5, 0.6) is 0 Å². The summed E-state index contributed by atoms with van der Waals surface area (Å²) in [4.78, 5) is 4.71. The lowest BCUT2D eigenvalue weighted by Gasteiger charge is -2.27. The highest BCUT2D eigenvalue weighted by Crippen LogP contribution is 2.19. The molecule has 0 spiro atoms. The molecule has 0 aromatic carbocycles. The average Bonchev–Trinajstić information content (AvgIpc) is 2.52. The molecule has 3 nitrogen and oxygen atoms in total. The van der Waals surface area contributed by atoms with Gasteiger partial charge in [-0.1, -0.05) is 20.4 Å². The van der Waals surface area contributed by atoms with Gasteiger partial charge in [0, 0.05) is 18.8 Å². The zero-order valence-electron chi connectivity index (χ0n) is 14.9. The zero-order chi connectivity index (χ0) is 16.3. The minimum absolute atomic E-state index is 0.898. The fourth-order valence-corrected chi connectivity index (χ4v) is 2.20. The number of nitrogens with zero attached hydrogens (tertiary/aromatic N) is 2. The van der Waals surface area contributed by atoms with E-state index in [2.05, 4.69) is 50.3 Å². The second-order valence-corrected chi connectivity index (χ2v) is 5.19. The van der Waals surface area contributed by atoms with E-state index in [0.717, 1.165) is 50.5 Å². The molecule has 0 heterocycles.